The van der Waals surface area contributed by atoms with E-state index in [1.165, 1.54) is 0 Å². The quantitative estimate of drug-likeness (QED) is 0.581. The number of amides is 2. The molecular formula is C25H28N4O2S. The van der Waals surface area contributed by atoms with E-state index in [1.54, 1.807) is 10.3 Å². The zero-order valence-electron chi connectivity index (χ0n) is 18.7. The molecule has 4 rings (SSSR count). The molecule has 3 aromatic rings. The summed E-state index contributed by atoms with van der Waals surface area (Å²) in [6.07, 6.45) is 4.17. The minimum absolute atomic E-state index is 0.145. The maximum Gasteiger partial charge on any atom is 0.280 e. The molecule has 1 N–H and O–H groups in total. The number of hydrogen-bond acceptors (Lipinski definition) is 5. The van der Waals surface area contributed by atoms with Crippen molar-refractivity contribution in [1.82, 2.24) is 14.9 Å². The summed E-state index contributed by atoms with van der Waals surface area (Å²) in [6.45, 7) is 5.94. The highest BCUT2D eigenvalue weighted by Gasteiger charge is 2.36. The molecule has 0 saturated heterocycles. The molecule has 7 heteroatoms. The van der Waals surface area contributed by atoms with Gasteiger partial charge in [-0.15, -0.1) is 5.10 Å². The number of rotatable bonds is 6. The largest absolute Gasteiger partial charge is 0.351 e. The van der Waals surface area contributed by atoms with Crippen LogP contribution in [0.3, 0.4) is 0 Å². The van der Waals surface area contributed by atoms with Crippen molar-refractivity contribution in [3.63, 3.8) is 0 Å². The Labute approximate surface area is 192 Å². The summed E-state index contributed by atoms with van der Waals surface area (Å²) in [6, 6.07) is 13.1. The molecule has 1 fully saturated rings. The summed E-state index contributed by atoms with van der Waals surface area (Å²) >= 11 is 1.12. The number of carbonyl (C=O) groups excluding carboxylic acids is 2. The Morgan fingerprint density at radius 2 is 1.72 bits per heavy atom. The lowest BCUT2D eigenvalue weighted by atomic mass is 9.99. The molecule has 6 nitrogen and oxygen atoms in total. The number of hydrogen-bond donors (Lipinski definition) is 1. The predicted molar refractivity (Wildman–Crippen MR) is 127 cm³/mol. The molecular weight excluding hydrogens is 420 g/mol. The molecule has 0 aliphatic heterocycles. The van der Waals surface area contributed by atoms with E-state index in [-0.39, 0.29) is 23.6 Å². The van der Waals surface area contributed by atoms with Gasteiger partial charge in [-0.2, -0.15) is 0 Å². The molecule has 1 heterocycles. The minimum atomic E-state index is -0.814. The third-order valence-electron chi connectivity index (χ3n) is 6.02. The fraction of sp³-hybridized carbons (Fsp3) is 0.360. The first kappa shape index (κ1) is 22.1. The average molecular weight is 449 g/mol. The van der Waals surface area contributed by atoms with E-state index in [4.69, 9.17) is 0 Å². The van der Waals surface area contributed by atoms with E-state index >= 15 is 0 Å². The number of aromatic nitrogens is 2. The molecule has 1 atom stereocenters. The van der Waals surface area contributed by atoms with Gasteiger partial charge in [-0.3, -0.25) is 14.5 Å². The van der Waals surface area contributed by atoms with Gasteiger partial charge in [0.25, 0.3) is 5.91 Å². The predicted octanol–water partition coefficient (Wildman–Crippen LogP) is 4.91. The second kappa shape index (κ2) is 9.61. The molecule has 1 aromatic heterocycles. The van der Waals surface area contributed by atoms with Crippen LogP contribution in [0.5, 0.6) is 0 Å². The molecule has 1 saturated carbocycles. The first-order valence-corrected chi connectivity index (χ1v) is 11.8. The summed E-state index contributed by atoms with van der Waals surface area (Å²) in [4.78, 5) is 29.1. The second-order valence-electron chi connectivity index (χ2n) is 8.56. The van der Waals surface area contributed by atoms with Gasteiger partial charge in [0.2, 0.25) is 5.91 Å². The summed E-state index contributed by atoms with van der Waals surface area (Å²) in [5, 5.41) is 8.85. The molecule has 32 heavy (non-hydrogen) atoms. The molecule has 0 spiro atoms. The number of nitrogens with zero attached hydrogens (tertiary/aromatic N) is 3. The van der Waals surface area contributed by atoms with Gasteiger partial charge in [-0.05, 0) is 67.9 Å². The van der Waals surface area contributed by atoms with Gasteiger partial charge in [-0.1, -0.05) is 59.3 Å². The fourth-order valence-electron chi connectivity index (χ4n) is 4.24. The Balaban J connectivity index is 1.84. The topological polar surface area (TPSA) is 75.2 Å². The van der Waals surface area contributed by atoms with Gasteiger partial charge < -0.3 is 5.32 Å². The van der Waals surface area contributed by atoms with Crippen molar-refractivity contribution in [2.75, 3.05) is 4.90 Å². The summed E-state index contributed by atoms with van der Waals surface area (Å²) < 4.78 is 3.87. The van der Waals surface area contributed by atoms with Crippen LogP contribution in [0.15, 0.2) is 47.8 Å². The van der Waals surface area contributed by atoms with Crippen molar-refractivity contribution in [3.8, 4) is 0 Å². The number of nitrogens with one attached hydrogen (secondary N) is 1. The molecule has 166 valence electrons. The van der Waals surface area contributed by atoms with Gasteiger partial charge in [0.05, 0.1) is 0 Å². The molecule has 2 amide bonds. The van der Waals surface area contributed by atoms with Crippen LogP contribution >= 0.6 is 11.5 Å². The lowest BCUT2D eigenvalue weighted by Crippen LogP contribution is -2.46. The Morgan fingerprint density at radius 1 is 1.03 bits per heavy atom. The molecule has 1 aliphatic carbocycles. The smallest absolute Gasteiger partial charge is 0.280 e. The van der Waals surface area contributed by atoms with E-state index in [9.17, 15) is 9.59 Å². The van der Waals surface area contributed by atoms with Crippen molar-refractivity contribution in [1.29, 1.82) is 0 Å². The highest BCUT2D eigenvalue weighted by Crippen LogP contribution is 2.33. The van der Waals surface area contributed by atoms with Crippen LogP contribution in [0.25, 0.3) is 0 Å². The van der Waals surface area contributed by atoms with Gasteiger partial charge in [0.15, 0.2) is 5.69 Å². The highest BCUT2D eigenvalue weighted by atomic mass is 32.1. The third kappa shape index (κ3) is 4.72. The van der Waals surface area contributed by atoms with Crippen LogP contribution in [-0.4, -0.2) is 27.4 Å². The van der Waals surface area contributed by atoms with Crippen molar-refractivity contribution >= 4 is 29.0 Å². The molecule has 1 aliphatic rings. The van der Waals surface area contributed by atoms with E-state index in [0.29, 0.717) is 5.69 Å². The molecule has 0 bridgehead atoms. The van der Waals surface area contributed by atoms with Crippen molar-refractivity contribution in [2.24, 2.45) is 0 Å². The van der Waals surface area contributed by atoms with E-state index in [2.05, 4.69) is 14.9 Å². The monoisotopic (exact) mass is 448 g/mol. The van der Waals surface area contributed by atoms with Gasteiger partial charge >= 0.3 is 0 Å². The fourth-order valence-corrected chi connectivity index (χ4v) is 4.67. The first-order chi connectivity index (χ1) is 15.4. The van der Waals surface area contributed by atoms with Crippen LogP contribution in [0.1, 0.15) is 64.5 Å². The Kier molecular flexibility index (Phi) is 6.65. The Hall–Kier alpha value is -3.06. The zero-order chi connectivity index (χ0) is 22.7. The van der Waals surface area contributed by atoms with Crippen molar-refractivity contribution < 1.29 is 9.59 Å². The summed E-state index contributed by atoms with van der Waals surface area (Å²) in [7, 11) is 0. The van der Waals surface area contributed by atoms with Gasteiger partial charge in [0.1, 0.15) is 6.04 Å². The molecule has 0 radical (unpaired) electrons. The van der Waals surface area contributed by atoms with Crippen LogP contribution in [0.4, 0.5) is 5.69 Å². The lowest BCUT2D eigenvalue weighted by Gasteiger charge is -2.33. The number of benzene rings is 2. The van der Waals surface area contributed by atoms with Gasteiger partial charge in [0, 0.05) is 17.1 Å². The Bertz CT molecular complexity index is 1090. The maximum absolute atomic E-state index is 13.7. The normalized spacial score (nSPS) is 14.8. The standard InChI is InChI=1S/C25H28N4O2S/c1-16-9-12-19(13-10-16)23(24(30)26-20-6-4-5-7-20)29(25(31)21-15-32-28-27-21)22-14-17(2)8-11-18(22)3/h8-15,20,23H,4-7H2,1-3H3,(H,26,30)/t23-/m0/s1. The van der Waals surface area contributed by atoms with Crippen LogP contribution < -0.4 is 10.2 Å². The average Bonchev–Trinajstić information content (AvgIpc) is 3.49. The maximum atomic E-state index is 13.7. The third-order valence-corrected chi connectivity index (χ3v) is 6.53. The van der Waals surface area contributed by atoms with E-state index < -0.39 is 6.04 Å². The van der Waals surface area contributed by atoms with E-state index in [1.807, 2.05) is 63.2 Å². The van der Waals surface area contributed by atoms with Crippen LogP contribution in [0, 0.1) is 20.8 Å². The molecule has 0 unspecified atom stereocenters. The second-order valence-corrected chi connectivity index (χ2v) is 9.17. The van der Waals surface area contributed by atoms with Crippen molar-refractivity contribution in [2.45, 2.75) is 58.5 Å². The van der Waals surface area contributed by atoms with Crippen LogP contribution in [-0.2, 0) is 4.79 Å². The van der Waals surface area contributed by atoms with Gasteiger partial charge in [-0.25, -0.2) is 0 Å². The number of aryl methyl sites for hydroxylation is 3. The SMILES string of the molecule is Cc1ccc([C@@H](C(=O)NC2CCCC2)N(C(=O)c2csnn2)c2cc(C)ccc2C)cc1. The molecule has 2 aromatic carbocycles. The first-order valence-electron chi connectivity index (χ1n) is 11.0. The lowest BCUT2D eigenvalue weighted by molar-refractivity contribution is -0.123. The highest BCUT2D eigenvalue weighted by molar-refractivity contribution is 7.03. The Morgan fingerprint density at radius 3 is 2.38 bits per heavy atom. The number of carbonyl (C=O) groups is 2. The number of anilines is 1. The summed E-state index contributed by atoms with van der Waals surface area (Å²) in [5.74, 6) is -0.502. The van der Waals surface area contributed by atoms with Crippen molar-refractivity contribution in [3.05, 3.63) is 75.8 Å². The summed E-state index contributed by atoms with van der Waals surface area (Å²) in [5.41, 5.74) is 4.73. The minimum Gasteiger partial charge on any atom is -0.351 e. The zero-order valence-corrected chi connectivity index (χ0v) is 19.5. The van der Waals surface area contributed by atoms with E-state index in [0.717, 1.165) is 59.5 Å². The van der Waals surface area contributed by atoms with Crippen LogP contribution in [0.2, 0.25) is 0 Å².